The zero-order valence-corrected chi connectivity index (χ0v) is 15.8. The van der Waals surface area contributed by atoms with Gasteiger partial charge in [-0.2, -0.15) is 0 Å². The van der Waals surface area contributed by atoms with Gasteiger partial charge in [0.05, 0.1) is 12.5 Å². The minimum atomic E-state index is -0.908. The molecule has 1 atom stereocenters. The van der Waals surface area contributed by atoms with Crippen LogP contribution < -0.4 is 4.74 Å². The Morgan fingerprint density at radius 1 is 1.17 bits per heavy atom. The maximum atomic E-state index is 12.1. The number of ether oxygens (including phenoxy) is 1. The van der Waals surface area contributed by atoms with Gasteiger partial charge in [0.25, 0.3) is 0 Å². The van der Waals surface area contributed by atoms with E-state index in [2.05, 4.69) is 26.8 Å². The number of hydrogen-bond acceptors (Lipinski definition) is 2. The van der Waals surface area contributed by atoms with E-state index in [0.717, 1.165) is 30.6 Å². The van der Waals surface area contributed by atoms with Crippen LogP contribution in [-0.4, -0.2) is 18.2 Å². The van der Waals surface area contributed by atoms with Crippen molar-refractivity contribution in [3.8, 4) is 5.75 Å². The fraction of sp³-hybridized carbons (Fsp3) is 0.571. The summed E-state index contributed by atoms with van der Waals surface area (Å²) >= 11 is 0. The first-order valence-electron chi connectivity index (χ1n) is 8.62. The van der Waals surface area contributed by atoms with Crippen molar-refractivity contribution in [1.29, 1.82) is 0 Å². The number of allylic oxidation sites excluding steroid dienone is 2. The van der Waals surface area contributed by atoms with Gasteiger partial charge in [0, 0.05) is 5.41 Å². The van der Waals surface area contributed by atoms with Crippen LogP contribution in [0.25, 0.3) is 0 Å². The van der Waals surface area contributed by atoms with E-state index in [1.807, 2.05) is 38.1 Å². The Balaban J connectivity index is 2.58. The summed E-state index contributed by atoms with van der Waals surface area (Å²) in [6, 6.07) is 7.84. The lowest BCUT2D eigenvalue weighted by Gasteiger charge is -2.46. The summed E-state index contributed by atoms with van der Waals surface area (Å²) in [6.07, 6.45) is 5.29. The van der Waals surface area contributed by atoms with Crippen LogP contribution in [0, 0.1) is 10.8 Å². The second-order valence-electron chi connectivity index (χ2n) is 8.38. The van der Waals surface area contributed by atoms with Gasteiger partial charge in [-0.3, -0.25) is 4.79 Å². The monoisotopic (exact) mass is 330 g/mol. The van der Waals surface area contributed by atoms with Crippen molar-refractivity contribution in [3.63, 3.8) is 0 Å². The average Bonchev–Trinajstić information content (AvgIpc) is 2.53. The zero-order chi connectivity index (χ0) is 18.2. The first-order valence-corrected chi connectivity index (χ1v) is 8.62. The molecule has 0 aliphatic heterocycles. The summed E-state index contributed by atoms with van der Waals surface area (Å²) < 4.78 is 5.26. The lowest BCUT2D eigenvalue weighted by molar-refractivity contribution is -0.150. The number of carboxylic acid groups (broad SMARTS) is 1. The van der Waals surface area contributed by atoms with Crippen LogP contribution >= 0.6 is 0 Å². The van der Waals surface area contributed by atoms with Crippen molar-refractivity contribution in [2.45, 2.75) is 59.3 Å². The van der Waals surface area contributed by atoms with E-state index in [0.29, 0.717) is 0 Å². The van der Waals surface area contributed by atoms with Gasteiger partial charge in [-0.15, -0.1) is 0 Å². The Bertz CT molecular complexity index is 638. The number of hydrogen-bond donors (Lipinski definition) is 1. The van der Waals surface area contributed by atoms with Gasteiger partial charge in [0.15, 0.2) is 0 Å². The molecule has 24 heavy (non-hydrogen) atoms. The quantitative estimate of drug-likeness (QED) is 0.755. The van der Waals surface area contributed by atoms with E-state index >= 15 is 0 Å². The molecule has 0 aromatic heterocycles. The van der Waals surface area contributed by atoms with Gasteiger partial charge in [-0.1, -0.05) is 44.6 Å². The highest BCUT2D eigenvalue weighted by molar-refractivity contribution is 5.77. The molecule has 0 fully saturated rings. The molecule has 0 amide bonds. The number of carboxylic acids is 1. The Labute approximate surface area is 145 Å². The molecular weight excluding hydrogens is 300 g/mol. The molecule has 0 radical (unpaired) electrons. The highest BCUT2D eigenvalue weighted by atomic mass is 16.5. The minimum absolute atomic E-state index is 0.289. The molecule has 3 nitrogen and oxygen atoms in total. The summed E-state index contributed by atoms with van der Waals surface area (Å²) in [4.78, 5) is 12.1. The van der Waals surface area contributed by atoms with E-state index in [1.54, 1.807) is 7.11 Å². The predicted molar refractivity (Wildman–Crippen MR) is 97.5 cm³/mol. The predicted octanol–water partition coefficient (Wildman–Crippen LogP) is 5.20. The van der Waals surface area contributed by atoms with Gasteiger partial charge in [0.2, 0.25) is 0 Å². The van der Waals surface area contributed by atoms with Crippen molar-refractivity contribution in [3.05, 3.63) is 41.5 Å². The van der Waals surface area contributed by atoms with E-state index in [1.165, 1.54) is 5.57 Å². The topological polar surface area (TPSA) is 46.5 Å². The molecule has 1 unspecified atom stereocenters. The Hall–Kier alpha value is -1.77. The molecule has 0 bridgehead atoms. The molecule has 0 saturated heterocycles. The standard InChI is InChI=1S/C21H30O3/c1-19(2)13-11-16(12-14-19)21(5,20(3,4)18(22)23)15-7-9-17(24-6)10-8-15/h7-11H,12-14H2,1-6H3,(H,22,23). The highest BCUT2D eigenvalue weighted by Crippen LogP contribution is 2.51. The molecule has 1 aromatic carbocycles. The Morgan fingerprint density at radius 3 is 2.17 bits per heavy atom. The van der Waals surface area contributed by atoms with Crippen molar-refractivity contribution in [2.75, 3.05) is 7.11 Å². The lowest BCUT2D eigenvalue weighted by atomic mass is 9.56. The van der Waals surface area contributed by atoms with Gasteiger partial charge in [-0.05, 0) is 56.2 Å². The van der Waals surface area contributed by atoms with Crippen LogP contribution in [0.4, 0.5) is 0 Å². The van der Waals surface area contributed by atoms with Crippen molar-refractivity contribution in [1.82, 2.24) is 0 Å². The second-order valence-corrected chi connectivity index (χ2v) is 8.38. The lowest BCUT2D eigenvalue weighted by Crippen LogP contribution is -2.47. The van der Waals surface area contributed by atoms with Crippen LogP contribution in [0.3, 0.4) is 0 Å². The van der Waals surface area contributed by atoms with Gasteiger partial charge < -0.3 is 9.84 Å². The molecule has 1 aliphatic rings. The SMILES string of the molecule is COc1ccc(C(C)(C2=CCC(C)(C)CC2)C(C)(C)C(=O)O)cc1. The number of benzene rings is 1. The summed E-state index contributed by atoms with van der Waals surface area (Å²) in [5.74, 6) is 0.0135. The Kier molecular flexibility index (Phi) is 4.85. The molecule has 3 heteroatoms. The number of rotatable bonds is 5. The van der Waals surface area contributed by atoms with Crippen LogP contribution in [0.2, 0.25) is 0 Å². The third kappa shape index (κ3) is 3.09. The van der Waals surface area contributed by atoms with Crippen molar-refractivity contribution >= 4 is 5.97 Å². The van der Waals surface area contributed by atoms with E-state index in [-0.39, 0.29) is 5.41 Å². The smallest absolute Gasteiger partial charge is 0.310 e. The zero-order valence-electron chi connectivity index (χ0n) is 15.8. The van der Waals surface area contributed by atoms with E-state index in [4.69, 9.17) is 4.74 Å². The summed E-state index contributed by atoms with van der Waals surface area (Å²) in [6.45, 7) is 10.3. The molecule has 1 aliphatic carbocycles. The first-order chi connectivity index (χ1) is 11.0. The summed E-state index contributed by atoms with van der Waals surface area (Å²) in [7, 11) is 1.64. The van der Waals surface area contributed by atoms with E-state index < -0.39 is 16.8 Å². The minimum Gasteiger partial charge on any atom is -0.497 e. The maximum Gasteiger partial charge on any atom is 0.310 e. The molecule has 1 aromatic rings. The fourth-order valence-electron chi connectivity index (χ4n) is 3.62. The fourth-order valence-corrected chi connectivity index (χ4v) is 3.62. The molecule has 0 saturated carbocycles. The number of methoxy groups -OCH3 is 1. The molecule has 1 N–H and O–H groups in total. The third-order valence-electron chi connectivity index (χ3n) is 6.07. The number of aliphatic carboxylic acids is 1. The Morgan fingerprint density at radius 2 is 1.75 bits per heavy atom. The average molecular weight is 330 g/mol. The molecule has 0 spiro atoms. The van der Waals surface area contributed by atoms with Gasteiger partial charge in [0.1, 0.15) is 5.75 Å². The van der Waals surface area contributed by atoms with Crippen LogP contribution in [-0.2, 0) is 10.2 Å². The van der Waals surface area contributed by atoms with Crippen LogP contribution in [0.1, 0.15) is 59.4 Å². The highest BCUT2D eigenvalue weighted by Gasteiger charge is 2.50. The van der Waals surface area contributed by atoms with Crippen LogP contribution in [0.15, 0.2) is 35.9 Å². The first kappa shape index (κ1) is 18.6. The van der Waals surface area contributed by atoms with Gasteiger partial charge in [-0.25, -0.2) is 0 Å². The van der Waals surface area contributed by atoms with Crippen molar-refractivity contribution < 1.29 is 14.6 Å². The molecule has 2 rings (SSSR count). The van der Waals surface area contributed by atoms with Crippen molar-refractivity contribution in [2.24, 2.45) is 10.8 Å². The second kappa shape index (κ2) is 6.27. The molecular formula is C21H30O3. The molecule has 0 heterocycles. The normalized spacial score (nSPS) is 20.0. The van der Waals surface area contributed by atoms with E-state index in [9.17, 15) is 9.90 Å². The third-order valence-corrected chi connectivity index (χ3v) is 6.07. The molecule has 132 valence electrons. The summed E-state index contributed by atoms with van der Waals surface area (Å²) in [5.41, 5.74) is 1.09. The van der Waals surface area contributed by atoms with Gasteiger partial charge >= 0.3 is 5.97 Å². The largest absolute Gasteiger partial charge is 0.497 e. The number of carbonyl (C=O) groups is 1. The maximum absolute atomic E-state index is 12.1. The summed E-state index contributed by atoms with van der Waals surface area (Å²) in [5, 5.41) is 9.92. The van der Waals surface area contributed by atoms with Crippen LogP contribution in [0.5, 0.6) is 5.75 Å².